The van der Waals surface area contributed by atoms with Crippen molar-refractivity contribution in [2.45, 2.75) is 75.5 Å². The topological polar surface area (TPSA) is 156 Å². The molecule has 4 N–H and O–H groups in total. The molecule has 3 aliphatic heterocycles. The number of likely N-dealkylation sites (tertiary alicyclic amines) is 2. The van der Waals surface area contributed by atoms with Crippen molar-refractivity contribution in [2.24, 2.45) is 0 Å². The van der Waals surface area contributed by atoms with E-state index in [0.29, 0.717) is 51.7 Å². The van der Waals surface area contributed by atoms with Gasteiger partial charge in [0, 0.05) is 19.5 Å². The van der Waals surface area contributed by atoms with Crippen LogP contribution in [0, 0.1) is 0 Å². The van der Waals surface area contributed by atoms with Crippen LogP contribution in [0.15, 0.2) is 0 Å². The molecule has 4 atom stereocenters. The van der Waals surface area contributed by atoms with E-state index >= 15 is 0 Å². The molecule has 0 aromatic carbocycles. The molecule has 0 bridgehead atoms. The minimum absolute atomic E-state index is 0.0779. The van der Waals surface area contributed by atoms with Gasteiger partial charge in [-0.2, -0.15) is 0 Å². The predicted molar refractivity (Wildman–Crippen MR) is 107 cm³/mol. The third-order valence-corrected chi connectivity index (χ3v) is 6.28. The molecule has 31 heavy (non-hydrogen) atoms. The smallest absolute Gasteiger partial charge is 0.326 e. The van der Waals surface area contributed by atoms with Crippen molar-refractivity contribution in [3.05, 3.63) is 0 Å². The van der Waals surface area contributed by atoms with Gasteiger partial charge in [0.25, 0.3) is 0 Å². The standard InChI is InChI=1S/C20H30N4O7/c25-16(26)8-7-13(22-17(27)12-4-1-9-21-12)18(28)23-10-2-5-14(23)19(29)24-11-3-6-15(24)20(30)31/h12-15,21H,1-11H2,(H,22,27)(H,25,26)(H,30,31). The highest BCUT2D eigenvalue weighted by Gasteiger charge is 2.43. The van der Waals surface area contributed by atoms with Gasteiger partial charge in [0.05, 0.1) is 6.04 Å². The van der Waals surface area contributed by atoms with Gasteiger partial charge < -0.3 is 30.6 Å². The molecular formula is C20H30N4O7. The molecule has 3 saturated heterocycles. The number of carboxylic acids is 2. The molecule has 0 aliphatic carbocycles. The fourth-order valence-corrected chi connectivity index (χ4v) is 4.67. The van der Waals surface area contributed by atoms with Crippen LogP contribution >= 0.6 is 0 Å². The van der Waals surface area contributed by atoms with E-state index in [1.54, 1.807) is 0 Å². The molecule has 3 heterocycles. The molecule has 4 unspecified atom stereocenters. The monoisotopic (exact) mass is 438 g/mol. The van der Waals surface area contributed by atoms with Gasteiger partial charge in [-0.25, -0.2) is 4.79 Å². The molecule has 3 fully saturated rings. The molecule has 0 saturated carbocycles. The number of carbonyl (C=O) groups is 5. The average molecular weight is 438 g/mol. The highest BCUT2D eigenvalue weighted by molar-refractivity contribution is 5.95. The van der Waals surface area contributed by atoms with Crippen molar-refractivity contribution >= 4 is 29.7 Å². The molecule has 3 aliphatic rings. The Bertz CT molecular complexity index is 737. The second-order valence-electron chi connectivity index (χ2n) is 8.36. The lowest BCUT2D eigenvalue weighted by Gasteiger charge is -2.32. The average Bonchev–Trinajstić information content (AvgIpc) is 3.49. The van der Waals surface area contributed by atoms with Gasteiger partial charge in [-0.3, -0.25) is 19.2 Å². The van der Waals surface area contributed by atoms with Crippen molar-refractivity contribution in [2.75, 3.05) is 19.6 Å². The predicted octanol–water partition coefficient (Wildman–Crippen LogP) is -0.845. The zero-order chi connectivity index (χ0) is 22.5. The Morgan fingerprint density at radius 3 is 2.23 bits per heavy atom. The summed E-state index contributed by atoms with van der Waals surface area (Å²) < 4.78 is 0. The van der Waals surface area contributed by atoms with Gasteiger partial charge in [0.2, 0.25) is 17.7 Å². The van der Waals surface area contributed by atoms with Gasteiger partial charge in [0.1, 0.15) is 18.1 Å². The summed E-state index contributed by atoms with van der Waals surface area (Å²) in [6, 6.07) is -3.15. The maximum Gasteiger partial charge on any atom is 0.326 e. The van der Waals surface area contributed by atoms with Crippen LogP contribution in [-0.2, 0) is 24.0 Å². The number of hydrogen-bond acceptors (Lipinski definition) is 6. The number of hydrogen-bond donors (Lipinski definition) is 4. The summed E-state index contributed by atoms with van der Waals surface area (Å²) in [4.78, 5) is 64.1. The maximum absolute atomic E-state index is 13.3. The Morgan fingerprint density at radius 2 is 1.61 bits per heavy atom. The second kappa shape index (κ2) is 10.1. The van der Waals surface area contributed by atoms with E-state index in [-0.39, 0.29) is 18.7 Å². The molecule has 11 heteroatoms. The SMILES string of the molecule is O=C(O)CCC(NC(=O)C1CCCN1)C(=O)N1CCCC1C(=O)N1CCCC1C(=O)O. The fraction of sp³-hybridized carbons (Fsp3) is 0.750. The quantitative estimate of drug-likeness (QED) is 0.382. The molecular weight excluding hydrogens is 408 g/mol. The summed E-state index contributed by atoms with van der Waals surface area (Å²) >= 11 is 0. The minimum atomic E-state index is -1.08. The minimum Gasteiger partial charge on any atom is -0.481 e. The summed E-state index contributed by atoms with van der Waals surface area (Å²) in [6.45, 7) is 1.35. The van der Waals surface area contributed by atoms with Gasteiger partial charge in [0.15, 0.2) is 0 Å². The summed E-state index contributed by atoms with van der Waals surface area (Å²) in [7, 11) is 0. The second-order valence-corrected chi connectivity index (χ2v) is 8.36. The first-order valence-corrected chi connectivity index (χ1v) is 10.9. The first-order chi connectivity index (χ1) is 14.8. The van der Waals surface area contributed by atoms with Crippen molar-refractivity contribution in [1.82, 2.24) is 20.4 Å². The third kappa shape index (κ3) is 5.33. The lowest BCUT2D eigenvalue weighted by atomic mass is 10.1. The number of amides is 3. The fourth-order valence-electron chi connectivity index (χ4n) is 4.67. The molecule has 3 amide bonds. The van der Waals surface area contributed by atoms with Crippen LogP contribution in [0.25, 0.3) is 0 Å². The highest BCUT2D eigenvalue weighted by Crippen LogP contribution is 2.26. The lowest BCUT2D eigenvalue weighted by molar-refractivity contribution is -0.152. The number of carboxylic acid groups (broad SMARTS) is 2. The van der Waals surface area contributed by atoms with Crippen LogP contribution in [0.5, 0.6) is 0 Å². The van der Waals surface area contributed by atoms with E-state index in [1.807, 2.05) is 0 Å². The number of carbonyl (C=O) groups excluding carboxylic acids is 3. The van der Waals surface area contributed by atoms with Gasteiger partial charge in [-0.15, -0.1) is 0 Å². The molecule has 172 valence electrons. The number of rotatable bonds is 8. The molecule has 0 aromatic heterocycles. The van der Waals surface area contributed by atoms with E-state index in [0.717, 1.165) is 6.42 Å². The summed E-state index contributed by atoms with van der Waals surface area (Å²) in [5.74, 6) is -3.38. The van der Waals surface area contributed by atoms with Crippen molar-refractivity contribution < 1.29 is 34.2 Å². The van der Waals surface area contributed by atoms with Gasteiger partial charge in [-0.05, 0) is 51.5 Å². The van der Waals surface area contributed by atoms with Crippen molar-refractivity contribution in [1.29, 1.82) is 0 Å². The Morgan fingerprint density at radius 1 is 0.935 bits per heavy atom. The zero-order valence-electron chi connectivity index (χ0n) is 17.4. The van der Waals surface area contributed by atoms with E-state index in [1.165, 1.54) is 9.80 Å². The normalized spacial score (nSPS) is 26.6. The Hall–Kier alpha value is -2.69. The number of aliphatic carboxylic acids is 2. The van der Waals surface area contributed by atoms with Gasteiger partial charge >= 0.3 is 11.9 Å². The molecule has 0 aromatic rings. The first-order valence-electron chi connectivity index (χ1n) is 10.9. The van der Waals surface area contributed by atoms with E-state index < -0.39 is 47.9 Å². The summed E-state index contributed by atoms with van der Waals surface area (Å²) in [5, 5.41) is 24.2. The highest BCUT2D eigenvalue weighted by atomic mass is 16.4. The lowest BCUT2D eigenvalue weighted by Crippen LogP contribution is -2.56. The molecule has 0 radical (unpaired) electrons. The van der Waals surface area contributed by atoms with Crippen molar-refractivity contribution in [3.63, 3.8) is 0 Å². The van der Waals surface area contributed by atoms with Crippen LogP contribution in [0.4, 0.5) is 0 Å². The van der Waals surface area contributed by atoms with E-state index in [2.05, 4.69) is 10.6 Å². The molecule has 0 spiro atoms. The number of nitrogens with zero attached hydrogens (tertiary/aromatic N) is 2. The van der Waals surface area contributed by atoms with E-state index in [4.69, 9.17) is 5.11 Å². The summed E-state index contributed by atoms with van der Waals surface area (Å²) in [6.07, 6.45) is 3.08. The van der Waals surface area contributed by atoms with Gasteiger partial charge in [-0.1, -0.05) is 0 Å². The van der Waals surface area contributed by atoms with Crippen LogP contribution < -0.4 is 10.6 Å². The van der Waals surface area contributed by atoms with Crippen LogP contribution in [0.3, 0.4) is 0 Å². The van der Waals surface area contributed by atoms with E-state index in [9.17, 15) is 29.1 Å². The largest absolute Gasteiger partial charge is 0.481 e. The van der Waals surface area contributed by atoms with Crippen LogP contribution in [0.1, 0.15) is 51.4 Å². The molecule has 11 nitrogen and oxygen atoms in total. The molecule has 3 rings (SSSR count). The van der Waals surface area contributed by atoms with Crippen molar-refractivity contribution in [3.8, 4) is 0 Å². The van der Waals surface area contributed by atoms with Crippen LogP contribution in [-0.4, -0.2) is 93.5 Å². The third-order valence-electron chi connectivity index (χ3n) is 6.28. The first kappa shape index (κ1) is 23.0. The Labute approximate surface area is 180 Å². The zero-order valence-corrected chi connectivity index (χ0v) is 17.4. The van der Waals surface area contributed by atoms with Crippen LogP contribution in [0.2, 0.25) is 0 Å². The number of nitrogens with one attached hydrogen (secondary N) is 2. The summed E-state index contributed by atoms with van der Waals surface area (Å²) in [5.41, 5.74) is 0. The Balaban J connectivity index is 1.72. The Kier molecular flexibility index (Phi) is 7.47. The maximum atomic E-state index is 13.3.